The molecule has 0 saturated carbocycles. The average Bonchev–Trinajstić information content (AvgIpc) is 3.18. The molecule has 0 aliphatic carbocycles. The Balaban J connectivity index is 1.42. The first-order valence-electron chi connectivity index (χ1n) is 9.26. The Morgan fingerprint density at radius 1 is 1.03 bits per heavy atom. The van der Waals surface area contributed by atoms with Gasteiger partial charge >= 0.3 is 0 Å². The number of hydrogen-bond acceptors (Lipinski definition) is 7. The molecule has 0 amide bonds. The molecule has 5 rings (SSSR count). The Kier molecular flexibility index (Phi) is 4.05. The lowest BCUT2D eigenvalue weighted by Crippen LogP contribution is -2.03. The minimum absolute atomic E-state index is 0.212. The molecular formula is C22H19N5O2. The second-order valence-electron chi connectivity index (χ2n) is 6.87. The Hall–Kier alpha value is -4.00. The molecule has 0 spiro atoms. The van der Waals surface area contributed by atoms with Crippen molar-refractivity contribution in [1.82, 2.24) is 9.97 Å². The van der Waals surface area contributed by atoms with Crippen molar-refractivity contribution in [2.45, 2.75) is 6.92 Å². The molecule has 0 atom stereocenters. The molecular weight excluding hydrogens is 366 g/mol. The van der Waals surface area contributed by atoms with Crippen molar-refractivity contribution < 1.29 is 9.84 Å². The zero-order valence-electron chi connectivity index (χ0n) is 15.7. The Morgan fingerprint density at radius 3 is 2.86 bits per heavy atom. The van der Waals surface area contributed by atoms with Crippen LogP contribution in [0.3, 0.4) is 0 Å². The van der Waals surface area contributed by atoms with Crippen molar-refractivity contribution >= 4 is 39.6 Å². The Morgan fingerprint density at radius 2 is 1.93 bits per heavy atom. The molecule has 4 aromatic rings. The number of aryl methyl sites for hydroxylation is 1. The number of nitrogens with one attached hydrogen (secondary N) is 3. The van der Waals surface area contributed by atoms with E-state index in [0.29, 0.717) is 18.5 Å². The molecule has 4 N–H and O–H groups in total. The van der Waals surface area contributed by atoms with Gasteiger partial charge in [0.15, 0.2) is 6.73 Å². The monoisotopic (exact) mass is 385 g/mol. The van der Waals surface area contributed by atoms with Gasteiger partial charge in [-0.1, -0.05) is 24.3 Å². The average molecular weight is 385 g/mol. The van der Waals surface area contributed by atoms with Gasteiger partial charge in [-0.3, -0.25) is 0 Å². The van der Waals surface area contributed by atoms with Gasteiger partial charge in [-0.2, -0.15) is 4.98 Å². The van der Waals surface area contributed by atoms with Gasteiger partial charge in [-0.15, -0.1) is 0 Å². The smallest absolute Gasteiger partial charge is 0.229 e. The largest absolute Gasteiger partial charge is 0.507 e. The van der Waals surface area contributed by atoms with E-state index in [1.165, 1.54) is 0 Å². The molecule has 3 aromatic carbocycles. The molecule has 1 aliphatic rings. The first-order valence-corrected chi connectivity index (χ1v) is 9.26. The van der Waals surface area contributed by atoms with Crippen LogP contribution in [0.15, 0.2) is 60.8 Å². The first kappa shape index (κ1) is 17.1. The fraction of sp³-hybridized carbons (Fsp3) is 0.0909. The van der Waals surface area contributed by atoms with Gasteiger partial charge in [0.05, 0.1) is 5.69 Å². The van der Waals surface area contributed by atoms with Crippen LogP contribution in [0, 0.1) is 6.92 Å². The van der Waals surface area contributed by atoms with E-state index in [-0.39, 0.29) is 5.75 Å². The number of phenols is 1. The van der Waals surface area contributed by atoms with Crippen LogP contribution in [0.25, 0.3) is 10.8 Å². The minimum atomic E-state index is 0.212. The molecule has 7 nitrogen and oxygen atoms in total. The molecule has 0 fully saturated rings. The molecule has 1 aliphatic heterocycles. The van der Waals surface area contributed by atoms with Crippen LogP contribution in [0.4, 0.5) is 28.8 Å². The fourth-order valence-corrected chi connectivity index (χ4v) is 3.32. The normalized spacial score (nSPS) is 12.2. The van der Waals surface area contributed by atoms with Crippen LogP contribution in [0.5, 0.6) is 11.5 Å². The molecule has 7 heteroatoms. The second kappa shape index (κ2) is 6.87. The van der Waals surface area contributed by atoms with E-state index in [4.69, 9.17) is 4.74 Å². The predicted octanol–water partition coefficient (Wildman–Crippen LogP) is 4.89. The van der Waals surface area contributed by atoms with Crippen LogP contribution in [0.1, 0.15) is 5.56 Å². The summed E-state index contributed by atoms with van der Waals surface area (Å²) in [5.41, 5.74) is 3.49. The van der Waals surface area contributed by atoms with Crippen LogP contribution >= 0.6 is 0 Å². The maximum Gasteiger partial charge on any atom is 0.229 e. The Bertz CT molecular complexity index is 1230. The van der Waals surface area contributed by atoms with E-state index >= 15 is 0 Å². The summed E-state index contributed by atoms with van der Waals surface area (Å²) < 4.78 is 5.46. The predicted molar refractivity (Wildman–Crippen MR) is 115 cm³/mol. The summed E-state index contributed by atoms with van der Waals surface area (Å²) in [6, 6.07) is 17.2. The third-order valence-electron chi connectivity index (χ3n) is 4.80. The van der Waals surface area contributed by atoms with Crippen molar-refractivity contribution in [3.63, 3.8) is 0 Å². The van der Waals surface area contributed by atoms with Gasteiger partial charge in [0.2, 0.25) is 5.95 Å². The lowest BCUT2D eigenvalue weighted by atomic mass is 10.1. The maximum atomic E-state index is 10.3. The zero-order chi connectivity index (χ0) is 19.8. The first-order chi connectivity index (χ1) is 14.2. The number of aromatic nitrogens is 2. The molecule has 0 saturated heterocycles. The fourth-order valence-electron chi connectivity index (χ4n) is 3.32. The number of fused-ring (bicyclic) bond motifs is 2. The van der Waals surface area contributed by atoms with Gasteiger partial charge < -0.3 is 25.8 Å². The van der Waals surface area contributed by atoms with Crippen LogP contribution in [-0.4, -0.2) is 21.8 Å². The maximum absolute atomic E-state index is 10.3. The number of phenolic OH excluding ortho intramolecular Hbond substituents is 1. The highest BCUT2D eigenvalue weighted by atomic mass is 16.5. The highest BCUT2D eigenvalue weighted by Gasteiger charge is 2.12. The number of anilines is 5. The van der Waals surface area contributed by atoms with Crippen LogP contribution in [0.2, 0.25) is 0 Å². The lowest BCUT2D eigenvalue weighted by molar-refractivity contribution is 0.372. The summed E-state index contributed by atoms with van der Waals surface area (Å²) in [5.74, 6) is 2.19. The standard InChI is InChI=1S/C22H19N5O2/c1-13-11-23-22(26-16-8-14-4-2-3-5-17(14)19(28)10-16)27-21(13)25-15-6-7-20-18(9-15)24-12-29-20/h2-11,24,28H,12H2,1H3,(H2,23,25,26,27). The Labute approximate surface area is 167 Å². The van der Waals surface area contributed by atoms with Crippen molar-refractivity contribution in [2.75, 3.05) is 22.7 Å². The van der Waals surface area contributed by atoms with E-state index in [0.717, 1.165) is 39.1 Å². The highest BCUT2D eigenvalue weighted by Crippen LogP contribution is 2.33. The van der Waals surface area contributed by atoms with Crippen molar-refractivity contribution in [1.29, 1.82) is 0 Å². The summed E-state index contributed by atoms with van der Waals surface area (Å²) >= 11 is 0. The molecule has 29 heavy (non-hydrogen) atoms. The summed E-state index contributed by atoms with van der Waals surface area (Å²) in [7, 11) is 0. The summed E-state index contributed by atoms with van der Waals surface area (Å²) in [5, 5.41) is 21.7. The van der Waals surface area contributed by atoms with E-state index in [1.54, 1.807) is 12.3 Å². The summed E-state index contributed by atoms with van der Waals surface area (Å²) in [6.07, 6.45) is 1.76. The quantitative estimate of drug-likeness (QED) is 0.397. The second-order valence-corrected chi connectivity index (χ2v) is 6.87. The summed E-state index contributed by atoms with van der Waals surface area (Å²) in [6.45, 7) is 2.43. The number of nitrogens with zero attached hydrogens (tertiary/aromatic N) is 2. The molecule has 0 bridgehead atoms. The number of benzene rings is 3. The van der Waals surface area contributed by atoms with E-state index in [9.17, 15) is 5.11 Å². The van der Waals surface area contributed by atoms with Gasteiger partial charge in [-0.05, 0) is 36.6 Å². The van der Waals surface area contributed by atoms with Crippen molar-refractivity contribution in [3.05, 3.63) is 66.4 Å². The number of rotatable bonds is 4. The van der Waals surface area contributed by atoms with Crippen molar-refractivity contribution in [2.24, 2.45) is 0 Å². The van der Waals surface area contributed by atoms with Gasteiger partial charge in [0, 0.05) is 34.6 Å². The van der Waals surface area contributed by atoms with Gasteiger partial charge in [0.25, 0.3) is 0 Å². The third kappa shape index (κ3) is 3.34. The van der Waals surface area contributed by atoms with Gasteiger partial charge in [0.1, 0.15) is 17.3 Å². The number of hydrogen-bond donors (Lipinski definition) is 4. The van der Waals surface area contributed by atoms with E-state index < -0.39 is 0 Å². The highest BCUT2D eigenvalue weighted by molar-refractivity contribution is 5.91. The third-order valence-corrected chi connectivity index (χ3v) is 4.80. The van der Waals surface area contributed by atoms with Crippen LogP contribution in [-0.2, 0) is 0 Å². The van der Waals surface area contributed by atoms with Crippen LogP contribution < -0.4 is 20.7 Å². The molecule has 0 unspecified atom stereocenters. The molecule has 1 aromatic heterocycles. The molecule has 144 valence electrons. The van der Waals surface area contributed by atoms with E-state index in [1.807, 2.05) is 55.5 Å². The SMILES string of the molecule is Cc1cnc(Nc2cc(O)c3ccccc3c2)nc1Nc1ccc2c(c1)NCO2. The molecule has 2 heterocycles. The topological polar surface area (TPSA) is 91.3 Å². The molecule has 0 radical (unpaired) electrons. The summed E-state index contributed by atoms with van der Waals surface area (Å²) in [4.78, 5) is 8.97. The minimum Gasteiger partial charge on any atom is -0.507 e. The zero-order valence-corrected chi connectivity index (χ0v) is 15.7. The number of aromatic hydroxyl groups is 1. The number of ether oxygens (including phenoxy) is 1. The van der Waals surface area contributed by atoms with Crippen molar-refractivity contribution in [3.8, 4) is 11.5 Å². The van der Waals surface area contributed by atoms with Gasteiger partial charge in [-0.25, -0.2) is 4.98 Å². The lowest BCUT2D eigenvalue weighted by Gasteiger charge is -2.12. The van der Waals surface area contributed by atoms with E-state index in [2.05, 4.69) is 25.9 Å².